The highest BCUT2D eigenvalue weighted by atomic mass is 16.7. The predicted octanol–water partition coefficient (Wildman–Crippen LogP) is 6.35. The van der Waals surface area contributed by atoms with Gasteiger partial charge >= 0.3 is 5.97 Å². The molecule has 0 amide bonds. The quantitative estimate of drug-likeness (QED) is 0.113. The fourth-order valence-electron chi connectivity index (χ4n) is 2.60. The van der Waals surface area contributed by atoms with Gasteiger partial charge in [0.25, 0.3) is 0 Å². The second kappa shape index (κ2) is 21.2. The van der Waals surface area contributed by atoms with Crippen LogP contribution in [0, 0.1) is 0 Å². The van der Waals surface area contributed by atoms with Crippen molar-refractivity contribution in [2.24, 2.45) is 0 Å². The van der Waals surface area contributed by atoms with Crippen LogP contribution in [0.2, 0.25) is 0 Å². The molecule has 0 spiro atoms. The molecule has 0 rings (SSSR count). The number of unbranched alkanes of at least 4 members (excludes halogenated alkanes) is 8. The lowest BCUT2D eigenvalue weighted by molar-refractivity contribution is -0.165. The van der Waals surface area contributed by atoms with E-state index in [-0.39, 0.29) is 12.4 Å². The van der Waals surface area contributed by atoms with Crippen molar-refractivity contribution in [3.05, 3.63) is 24.3 Å². The molecule has 0 aliphatic rings. The van der Waals surface area contributed by atoms with Crippen LogP contribution in [0.5, 0.6) is 0 Å². The van der Waals surface area contributed by atoms with Gasteiger partial charge in [0.15, 0.2) is 6.29 Å². The van der Waals surface area contributed by atoms with Crippen LogP contribution in [0.3, 0.4) is 0 Å². The maximum Gasteiger partial charge on any atom is 0.310 e. The number of carbonyl (C=O) groups is 1. The van der Waals surface area contributed by atoms with E-state index in [0.717, 1.165) is 12.8 Å². The first-order chi connectivity index (χ1) is 13.2. The third-order valence-electron chi connectivity index (χ3n) is 4.18. The zero-order chi connectivity index (χ0) is 20.0. The topological polar surface area (TPSA) is 44.8 Å². The molecule has 0 bridgehead atoms. The van der Waals surface area contributed by atoms with E-state index < -0.39 is 6.29 Å². The van der Waals surface area contributed by atoms with Crippen molar-refractivity contribution < 1.29 is 19.0 Å². The fraction of sp³-hybridized carbons (Fsp3) is 0.783. The Kier molecular flexibility index (Phi) is 20.3. The minimum absolute atomic E-state index is 0.127. The van der Waals surface area contributed by atoms with Gasteiger partial charge in [0, 0.05) is 0 Å². The van der Waals surface area contributed by atoms with Crippen molar-refractivity contribution in [3.63, 3.8) is 0 Å². The van der Waals surface area contributed by atoms with Crippen molar-refractivity contribution in [1.29, 1.82) is 0 Å². The van der Waals surface area contributed by atoms with E-state index >= 15 is 0 Å². The van der Waals surface area contributed by atoms with Crippen LogP contribution in [0.15, 0.2) is 24.3 Å². The van der Waals surface area contributed by atoms with Crippen molar-refractivity contribution in [2.75, 3.05) is 19.8 Å². The summed E-state index contributed by atoms with van der Waals surface area (Å²) >= 11 is 0. The smallest absolute Gasteiger partial charge is 0.310 e. The molecule has 0 unspecified atom stereocenters. The first-order valence-corrected chi connectivity index (χ1v) is 10.9. The molecule has 0 atom stereocenters. The third-order valence-corrected chi connectivity index (χ3v) is 4.18. The van der Waals surface area contributed by atoms with Gasteiger partial charge in [0.05, 0.1) is 26.2 Å². The molecule has 27 heavy (non-hydrogen) atoms. The summed E-state index contributed by atoms with van der Waals surface area (Å²) in [4.78, 5) is 11.7. The van der Waals surface area contributed by atoms with Gasteiger partial charge in [-0.2, -0.15) is 0 Å². The van der Waals surface area contributed by atoms with Gasteiger partial charge in [-0.25, -0.2) is 0 Å². The zero-order valence-electron chi connectivity index (χ0n) is 17.9. The zero-order valence-corrected chi connectivity index (χ0v) is 17.9. The second-order valence-corrected chi connectivity index (χ2v) is 6.75. The number of rotatable bonds is 19. The third kappa shape index (κ3) is 19.4. The Bertz CT molecular complexity index is 351. The monoisotopic (exact) mass is 382 g/mol. The Labute approximate surface area is 167 Å². The highest BCUT2D eigenvalue weighted by Gasteiger charge is 2.14. The van der Waals surface area contributed by atoms with Crippen molar-refractivity contribution in [1.82, 2.24) is 0 Å². The maximum atomic E-state index is 11.7. The molecule has 0 saturated heterocycles. The van der Waals surface area contributed by atoms with E-state index in [9.17, 15) is 4.79 Å². The lowest BCUT2D eigenvalue weighted by Gasteiger charge is -2.16. The number of hydrogen-bond donors (Lipinski definition) is 0. The molecule has 0 fully saturated rings. The van der Waals surface area contributed by atoms with Crippen LogP contribution < -0.4 is 0 Å². The molecule has 0 aromatic heterocycles. The maximum absolute atomic E-state index is 11.7. The van der Waals surface area contributed by atoms with E-state index in [1.54, 1.807) is 6.92 Å². The Morgan fingerprint density at radius 2 is 1.26 bits per heavy atom. The molecular weight excluding hydrogens is 340 g/mol. The summed E-state index contributed by atoms with van der Waals surface area (Å²) in [6, 6.07) is 0. The molecular formula is C23H42O4. The molecule has 158 valence electrons. The van der Waals surface area contributed by atoms with Gasteiger partial charge in [-0.15, -0.1) is 0 Å². The summed E-state index contributed by atoms with van der Waals surface area (Å²) < 4.78 is 16.4. The van der Waals surface area contributed by atoms with Crippen LogP contribution >= 0.6 is 0 Å². The Balaban J connectivity index is 4.04. The molecule has 0 saturated carbocycles. The van der Waals surface area contributed by atoms with Gasteiger partial charge in [-0.3, -0.25) is 4.79 Å². The average molecular weight is 383 g/mol. The van der Waals surface area contributed by atoms with Crippen molar-refractivity contribution in [3.8, 4) is 0 Å². The predicted molar refractivity (Wildman–Crippen MR) is 113 cm³/mol. The van der Waals surface area contributed by atoms with Gasteiger partial charge in [0.2, 0.25) is 0 Å². The Morgan fingerprint density at radius 3 is 1.70 bits per heavy atom. The van der Waals surface area contributed by atoms with Crippen LogP contribution in [0.4, 0.5) is 0 Å². The summed E-state index contributed by atoms with van der Waals surface area (Å²) in [7, 11) is 0. The lowest BCUT2D eigenvalue weighted by Crippen LogP contribution is -2.23. The fourth-order valence-corrected chi connectivity index (χ4v) is 2.60. The standard InChI is InChI=1S/C23H42O4/c1-4-7-9-11-13-15-17-19-26-23(21-22(24)25-6-3)27-20-18-16-14-12-10-8-5-2/h15-18,23H,4-14,19-21H2,1-3H3/b17-15-,18-16-. The lowest BCUT2D eigenvalue weighted by atomic mass is 10.1. The molecule has 0 aromatic carbocycles. The van der Waals surface area contributed by atoms with Crippen LogP contribution in [0.25, 0.3) is 0 Å². The number of ether oxygens (including phenoxy) is 3. The molecule has 0 aromatic rings. The summed E-state index contributed by atoms with van der Waals surface area (Å²) in [5.41, 5.74) is 0. The number of hydrogen-bond acceptors (Lipinski definition) is 4. The minimum atomic E-state index is -0.557. The highest BCUT2D eigenvalue weighted by molar-refractivity contribution is 5.69. The Hall–Kier alpha value is -1.13. The van der Waals surface area contributed by atoms with Crippen LogP contribution in [-0.4, -0.2) is 32.1 Å². The molecule has 4 nitrogen and oxygen atoms in total. The summed E-state index contributed by atoms with van der Waals surface area (Å²) in [6.45, 7) is 7.53. The molecule has 0 aliphatic carbocycles. The molecule has 0 heterocycles. The number of carbonyl (C=O) groups excluding carboxylic acids is 1. The van der Waals surface area contributed by atoms with E-state index in [2.05, 4.69) is 26.0 Å². The highest BCUT2D eigenvalue weighted by Crippen LogP contribution is 2.07. The van der Waals surface area contributed by atoms with E-state index in [1.807, 2.05) is 12.2 Å². The average Bonchev–Trinajstić information content (AvgIpc) is 2.66. The number of allylic oxidation sites excluding steroid dienone is 2. The minimum Gasteiger partial charge on any atom is -0.466 e. The first kappa shape index (κ1) is 25.9. The van der Waals surface area contributed by atoms with Crippen LogP contribution in [0.1, 0.15) is 91.4 Å². The molecule has 0 aliphatic heterocycles. The largest absolute Gasteiger partial charge is 0.466 e. The summed E-state index contributed by atoms with van der Waals surface area (Å²) in [5, 5.41) is 0. The van der Waals surface area contributed by atoms with Gasteiger partial charge in [-0.1, -0.05) is 76.7 Å². The molecule has 0 radical (unpaired) electrons. The Morgan fingerprint density at radius 1 is 0.741 bits per heavy atom. The number of esters is 1. The molecule has 4 heteroatoms. The van der Waals surface area contributed by atoms with Crippen LogP contribution in [-0.2, 0) is 19.0 Å². The summed E-state index contributed by atoms with van der Waals surface area (Å²) in [5.74, 6) is -0.283. The second-order valence-electron chi connectivity index (χ2n) is 6.75. The van der Waals surface area contributed by atoms with Gasteiger partial charge in [0.1, 0.15) is 0 Å². The summed E-state index contributed by atoms with van der Waals surface area (Å²) in [6.07, 6.45) is 20.1. The normalized spacial score (nSPS) is 11.9. The first-order valence-electron chi connectivity index (χ1n) is 10.9. The van der Waals surface area contributed by atoms with E-state index in [4.69, 9.17) is 14.2 Å². The molecule has 0 N–H and O–H groups in total. The van der Waals surface area contributed by atoms with Gasteiger partial charge in [-0.05, 0) is 32.6 Å². The van der Waals surface area contributed by atoms with Gasteiger partial charge < -0.3 is 14.2 Å². The van der Waals surface area contributed by atoms with Crippen molar-refractivity contribution in [2.45, 2.75) is 97.7 Å². The van der Waals surface area contributed by atoms with E-state index in [0.29, 0.717) is 19.8 Å². The van der Waals surface area contributed by atoms with Crippen molar-refractivity contribution >= 4 is 5.97 Å². The van der Waals surface area contributed by atoms with E-state index in [1.165, 1.54) is 51.4 Å². The SMILES string of the molecule is CCCCCC/C=C\COC(CC(=O)OCC)OC/C=C\CCCCCC.